The molecule has 148 valence electrons. The SMILES string of the molecule is CCN(Cc1ccccc1)Cc1cc(=O)n2c(-c3ccc(OC)cc3)csc2n1. The van der Waals surface area contributed by atoms with Gasteiger partial charge in [-0.25, -0.2) is 4.98 Å². The number of hydrogen-bond donors (Lipinski definition) is 0. The zero-order valence-electron chi connectivity index (χ0n) is 16.5. The standard InChI is InChI=1S/C23H23N3O2S/c1-3-25(14-17-7-5-4-6-8-17)15-19-13-22(27)26-21(16-29-23(26)24-19)18-9-11-20(28-2)12-10-18/h4-13,16H,3,14-15H2,1-2H3. The predicted octanol–water partition coefficient (Wildman–Crippen LogP) is 4.45. The second-order valence-corrected chi connectivity index (χ2v) is 7.68. The van der Waals surface area contributed by atoms with E-state index in [1.165, 1.54) is 16.9 Å². The Morgan fingerprint density at radius 1 is 1.07 bits per heavy atom. The molecule has 4 aromatic rings. The van der Waals surface area contributed by atoms with Crippen molar-refractivity contribution < 1.29 is 4.74 Å². The molecule has 0 radical (unpaired) electrons. The molecule has 0 bridgehead atoms. The molecular weight excluding hydrogens is 382 g/mol. The molecule has 0 amide bonds. The first-order chi connectivity index (χ1) is 14.2. The Kier molecular flexibility index (Phi) is 5.74. The van der Waals surface area contributed by atoms with Crippen molar-refractivity contribution in [2.24, 2.45) is 0 Å². The monoisotopic (exact) mass is 405 g/mol. The van der Waals surface area contributed by atoms with Crippen LogP contribution in [0.25, 0.3) is 16.2 Å². The Morgan fingerprint density at radius 3 is 2.52 bits per heavy atom. The van der Waals surface area contributed by atoms with Gasteiger partial charge in [-0.1, -0.05) is 37.3 Å². The first-order valence-corrected chi connectivity index (χ1v) is 10.5. The molecule has 0 saturated heterocycles. The molecule has 0 atom stereocenters. The summed E-state index contributed by atoms with van der Waals surface area (Å²) in [6.45, 7) is 4.49. The lowest BCUT2D eigenvalue weighted by atomic mass is 10.1. The van der Waals surface area contributed by atoms with E-state index < -0.39 is 0 Å². The van der Waals surface area contributed by atoms with Crippen LogP contribution in [0.15, 0.2) is 70.8 Å². The molecule has 5 nitrogen and oxygen atoms in total. The van der Waals surface area contributed by atoms with Crippen molar-refractivity contribution in [1.82, 2.24) is 14.3 Å². The Balaban J connectivity index is 1.61. The van der Waals surface area contributed by atoms with E-state index in [0.717, 1.165) is 35.8 Å². The minimum atomic E-state index is -0.0483. The van der Waals surface area contributed by atoms with Crippen molar-refractivity contribution in [2.75, 3.05) is 13.7 Å². The fourth-order valence-corrected chi connectivity index (χ4v) is 4.28. The van der Waals surface area contributed by atoms with Crippen molar-refractivity contribution in [2.45, 2.75) is 20.0 Å². The number of methoxy groups -OCH3 is 1. The van der Waals surface area contributed by atoms with Crippen LogP contribution in [0.3, 0.4) is 0 Å². The zero-order chi connectivity index (χ0) is 20.2. The first kappa shape index (κ1) is 19.4. The maximum Gasteiger partial charge on any atom is 0.259 e. The van der Waals surface area contributed by atoms with E-state index >= 15 is 0 Å². The number of rotatable bonds is 7. The maximum atomic E-state index is 12.9. The molecule has 2 aromatic heterocycles. The average Bonchev–Trinajstić information content (AvgIpc) is 3.18. The highest BCUT2D eigenvalue weighted by Crippen LogP contribution is 2.26. The maximum absolute atomic E-state index is 12.9. The van der Waals surface area contributed by atoms with Crippen LogP contribution in [-0.4, -0.2) is 27.9 Å². The van der Waals surface area contributed by atoms with Crippen molar-refractivity contribution in [1.29, 1.82) is 0 Å². The fourth-order valence-electron chi connectivity index (χ4n) is 3.36. The molecule has 2 heterocycles. The molecule has 0 spiro atoms. The largest absolute Gasteiger partial charge is 0.497 e. The summed E-state index contributed by atoms with van der Waals surface area (Å²) in [4.78, 5) is 20.7. The van der Waals surface area contributed by atoms with Crippen molar-refractivity contribution in [3.05, 3.63) is 87.7 Å². The molecule has 0 aliphatic heterocycles. The molecular formula is C23H23N3O2S. The van der Waals surface area contributed by atoms with Crippen molar-refractivity contribution in [3.63, 3.8) is 0 Å². The van der Waals surface area contributed by atoms with Gasteiger partial charge in [0, 0.05) is 24.5 Å². The van der Waals surface area contributed by atoms with E-state index in [1.807, 2.05) is 47.8 Å². The number of thiazole rings is 1. The van der Waals surface area contributed by atoms with Gasteiger partial charge in [0.05, 0.1) is 18.5 Å². The summed E-state index contributed by atoms with van der Waals surface area (Å²) in [6, 6.07) is 19.7. The van der Waals surface area contributed by atoms with E-state index in [1.54, 1.807) is 17.6 Å². The van der Waals surface area contributed by atoms with Gasteiger partial charge in [-0.3, -0.25) is 14.1 Å². The fraction of sp³-hybridized carbons (Fsp3) is 0.217. The van der Waals surface area contributed by atoms with Gasteiger partial charge in [0.1, 0.15) is 5.75 Å². The van der Waals surface area contributed by atoms with Crippen LogP contribution in [0.1, 0.15) is 18.2 Å². The van der Waals surface area contributed by atoms with Crippen LogP contribution in [0.5, 0.6) is 5.75 Å². The minimum Gasteiger partial charge on any atom is -0.497 e. The normalized spacial score (nSPS) is 11.3. The molecule has 2 aromatic carbocycles. The molecule has 4 rings (SSSR count). The third-order valence-electron chi connectivity index (χ3n) is 4.93. The topological polar surface area (TPSA) is 46.8 Å². The number of benzene rings is 2. The third kappa shape index (κ3) is 4.23. The number of fused-ring (bicyclic) bond motifs is 1. The van der Waals surface area contributed by atoms with E-state index in [2.05, 4.69) is 24.0 Å². The van der Waals surface area contributed by atoms with Gasteiger partial charge >= 0.3 is 0 Å². The zero-order valence-corrected chi connectivity index (χ0v) is 17.4. The Labute approximate surface area is 173 Å². The molecule has 29 heavy (non-hydrogen) atoms. The highest BCUT2D eigenvalue weighted by molar-refractivity contribution is 7.15. The lowest BCUT2D eigenvalue weighted by Gasteiger charge is -2.20. The Bertz CT molecular complexity index is 1150. The summed E-state index contributed by atoms with van der Waals surface area (Å²) >= 11 is 1.49. The Hall–Kier alpha value is -2.96. The smallest absolute Gasteiger partial charge is 0.259 e. The van der Waals surface area contributed by atoms with Gasteiger partial charge in [-0.15, -0.1) is 11.3 Å². The molecule has 6 heteroatoms. The van der Waals surface area contributed by atoms with Gasteiger partial charge in [0.2, 0.25) is 0 Å². The Morgan fingerprint density at radius 2 is 1.83 bits per heavy atom. The quantitative estimate of drug-likeness (QED) is 0.456. The van der Waals surface area contributed by atoms with Gasteiger partial charge in [0.25, 0.3) is 5.56 Å². The van der Waals surface area contributed by atoms with Gasteiger partial charge in [0.15, 0.2) is 4.96 Å². The minimum absolute atomic E-state index is 0.0483. The number of ether oxygens (including phenoxy) is 1. The average molecular weight is 406 g/mol. The highest BCUT2D eigenvalue weighted by Gasteiger charge is 2.13. The number of nitrogens with zero attached hydrogens (tertiary/aromatic N) is 3. The molecule has 0 saturated carbocycles. The summed E-state index contributed by atoms with van der Waals surface area (Å²) < 4.78 is 6.90. The molecule has 0 aliphatic rings. The summed E-state index contributed by atoms with van der Waals surface area (Å²) in [5.41, 5.74) is 3.83. The van der Waals surface area contributed by atoms with Gasteiger partial charge in [-0.2, -0.15) is 0 Å². The third-order valence-corrected chi connectivity index (χ3v) is 5.75. The van der Waals surface area contributed by atoms with Crippen molar-refractivity contribution >= 4 is 16.3 Å². The second-order valence-electron chi connectivity index (χ2n) is 6.84. The first-order valence-electron chi connectivity index (χ1n) is 9.59. The van der Waals surface area contributed by atoms with Crippen LogP contribution in [-0.2, 0) is 13.1 Å². The molecule has 0 N–H and O–H groups in total. The summed E-state index contributed by atoms with van der Waals surface area (Å²) in [7, 11) is 1.64. The van der Waals surface area contributed by atoms with Gasteiger partial charge in [-0.05, 0) is 41.9 Å². The second kappa shape index (κ2) is 8.59. The van der Waals surface area contributed by atoms with Crippen LogP contribution in [0.4, 0.5) is 0 Å². The van der Waals surface area contributed by atoms with E-state index in [4.69, 9.17) is 9.72 Å². The molecule has 0 aliphatic carbocycles. The predicted molar refractivity (Wildman–Crippen MR) is 118 cm³/mol. The number of aromatic nitrogens is 2. The van der Waals surface area contributed by atoms with Gasteiger partial charge < -0.3 is 4.74 Å². The van der Waals surface area contributed by atoms with Crippen LogP contribution < -0.4 is 10.3 Å². The summed E-state index contributed by atoms with van der Waals surface area (Å²) in [6.07, 6.45) is 0. The summed E-state index contributed by atoms with van der Waals surface area (Å²) in [5, 5.41) is 1.98. The highest BCUT2D eigenvalue weighted by atomic mass is 32.1. The lowest BCUT2D eigenvalue weighted by molar-refractivity contribution is 0.268. The lowest BCUT2D eigenvalue weighted by Crippen LogP contribution is -2.24. The van der Waals surface area contributed by atoms with Crippen LogP contribution in [0, 0.1) is 0 Å². The van der Waals surface area contributed by atoms with E-state index in [-0.39, 0.29) is 5.56 Å². The number of hydrogen-bond acceptors (Lipinski definition) is 5. The van der Waals surface area contributed by atoms with E-state index in [0.29, 0.717) is 11.5 Å². The van der Waals surface area contributed by atoms with Crippen LogP contribution >= 0.6 is 11.3 Å². The van der Waals surface area contributed by atoms with Crippen LogP contribution in [0.2, 0.25) is 0 Å². The van der Waals surface area contributed by atoms with Crippen molar-refractivity contribution in [3.8, 4) is 17.0 Å². The molecule has 0 fully saturated rings. The molecule has 0 unspecified atom stereocenters. The van der Waals surface area contributed by atoms with E-state index in [9.17, 15) is 4.79 Å². The summed E-state index contributed by atoms with van der Waals surface area (Å²) in [5.74, 6) is 0.791.